The monoisotopic (exact) mass is 859 g/mol. The fourth-order valence-electron chi connectivity index (χ4n) is 11.0. The normalized spacial score (nSPS) is 13.9. The van der Waals surface area contributed by atoms with Crippen LogP contribution in [-0.2, 0) is 10.8 Å². The van der Waals surface area contributed by atoms with Crippen molar-refractivity contribution in [1.29, 1.82) is 0 Å². The van der Waals surface area contributed by atoms with Gasteiger partial charge in [0.1, 0.15) is 78.5 Å². The fraction of sp³-hybridized carbons (Fsp3) is 0.127. The molecule has 8 aromatic carbocycles. The van der Waals surface area contributed by atoms with E-state index in [0.29, 0.717) is 5.69 Å². The molecular weight excluding hydrogens is 822 g/mol. The molecule has 0 fully saturated rings. The zero-order chi connectivity index (χ0) is 48.7. The van der Waals surface area contributed by atoms with Gasteiger partial charge in [0.05, 0.1) is 0 Å². The number of anilines is 9. The molecule has 0 saturated heterocycles. The number of para-hydroxylation sites is 2. The Bertz CT molecular complexity index is 3380. The molecule has 0 spiro atoms. The van der Waals surface area contributed by atoms with Gasteiger partial charge in [0.2, 0.25) is 0 Å². The maximum Gasteiger partial charge on any atom is 0.252 e. The van der Waals surface area contributed by atoms with Crippen molar-refractivity contribution in [3.63, 3.8) is 0 Å². The lowest BCUT2D eigenvalue weighted by molar-refractivity contribution is 0.590. The average molecular weight is 858 g/mol. The first-order valence-electron chi connectivity index (χ1n) is 23.0. The Labute approximate surface area is 420 Å². The summed E-state index contributed by atoms with van der Waals surface area (Å²) in [5.74, 6) is 0. The van der Waals surface area contributed by atoms with E-state index in [1.807, 2.05) is 6.07 Å². The molecule has 304 valence electrons. The van der Waals surface area contributed by atoms with Crippen LogP contribution in [0.4, 0.5) is 51.2 Å². The van der Waals surface area contributed by atoms with Gasteiger partial charge in [-0.05, 0) is 104 Å². The molecular formula is C55H36B11N3. The minimum absolute atomic E-state index is 0.0366. The summed E-state index contributed by atoms with van der Waals surface area (Å²) in [5.41, 5.74) is 16.4. The standard InChI is InChI=1S/C55H36B11N3/c1-54(2,3)27-23-39-51-40(24-27)68(29-19-21-32-31-15-9-10-16-33(31)55(4,5)34(32)25-29)38-26-30(20-22-36(38)66(51)35-17-11-12-18-37(35)67(39)28-13-7-6-8-14-28)69(52-47(62)43(58)41(56)44(59)48(52)63)53-49(64)45(60)42(57)46(61)50(53)65/h6-26H,1-5H3. The van der Waals surface area contributed by atoms with Crippen LogP contribution in [0.1, 0.15) is 51.3 Å². The minimum atomic E-state index is -0.286. The second-order valence-corrected chi connectivity index (χ2v) is 20.0. The second kappa shape index (κ2) is 16.0. The van der Waals surface area contributed by atoms with E-state index in [-0.39, 0.29) is 83.5 Å². The summed E-state index contributed by atoms with van der Waals surface area (Å²) in [6, 6.07) is 45.7. The van der Waals surface area contributed by atoms with Crippen LogP contribution in [0.3, 0.4) is 0 Å². The lowest BCUT2D eigenvalue weighted by Gasteiger charge is -2.45. The molecule has 2 heterocycles. The molecule has 0 saturated carbocycles. The molecule has 3 aliphatic rings. The summed E-state index contributed by atoms with van der Waals surface area (Å²) < 4.78 is 0. The van der Waals surface area contributed by atoms with Gasteiger partial charge in [0.15, 0.2) is 0 Å². The van der Waals surface area contributed by atoms with Gasteiger partial charge in [-0.1, -0.05) is 129 Å². The highest BCUT2D eigenvalue weighted by atomic mass is 15.2. The van der Waals surface area contributed by atoms with E-state index in [9.17, 15) is 0 Å². The zero-order valence-corrected chi connectivity index (χ0v) is 39.3. The van der Waals surface area contributed by atoms with Crippen molar-refractivity contribution in [3.8, 4) is 11.1 Å². The molecule has 20 radical (unpaired) electrons. The first-order valence-corrected chi connectivity index (χ1v) is 23.0. The molecule has 0 N–H and O–H groups in total. The highest BCUT2D eigenvalue weighted by molar-refractivity contribution is 7.00. The number of hydrogen-bond acceptors (Lipinski definition) is 3. The van der Waals surface area contributed by atoms with E-state index >= 15 is 0 Å². The molecule has 11 rings (SSSR count). The Balaban J connectivity index is 1.27. The minimum Gasteiger partial charge on any atom is -0.313 e. The fourth-order valence-corrected chi connectivity index (χ4v) is 11.0. The predicted molar refractivity (Wildman–Crippen MR) is 305 cm³/mol. The van der Waals surface area contributed by atoms with Gasteiger partial charge in [-0.25, -0.2) is 0 Å². The van der Waals surface area contributed by atoms with Crippen LogP contribution in [-0.4, -0.2) is 85.2 Å². The van der Waals surface area contributed by atoms with Gasteiger partial charge in [-0.15, -0.1) is 32.8 Å². The number of nitrogens with zero attached hydrogens (tertiary/aromatic N) is 3. The summed E-state index contributed by atoms with van der Waals surface area (Å²) in [6.45, 7) is 11.2. The molecule has 0 amide bonds. The third kappa shape index (κ3) is 6.56. The van der Waals surface area contributed by atoms with Crippen molar-refractivity contribution < 1.29 is 0 Å². The van der Waals surface area contributed by atoms with Gasteiger partial charge in [0, 0.05) is 56.6 Å². The smallest absolute Gasteiger partial charge is 0.252 e. The lowest BCUT2D eigenvalue weighted by atomic mass is 9.33. The Morgan fingerprint density at radius 3 is 1.52 bits per heavy atom. The highest BCUT2D eigenvalue weighted by Gasteiger charge is 2.45. The topological polar surface area (TPSA) is 9.72 Å². The molecule has 3 nitrogen and oxygen atoms in total. The Kier molecular flexibility index (Phi) is 10.5. The van der Waals surface area contributed by atoms with E-state index < -0.39 is 0 Å². The molecule has 0 unspecified atom stereocenters. The van der Waals surface area contributed by atoms with E-state index in [2.05, 4.69) is 166 Å². The Hall–Kier alpha value is -6.13. The van der Waals surface area contributed by atoms with Gasteiger partial charge in [-0.2, -0.15) is 0 Å². The molecule has 0 aromatic heterocycles. The molecule has 0 atom stereocenters. The van der Waals surface area contributed by atoms with Crippen LogP contribution in [0.25, 0.3) is 11.1 Å². The molecule has 69 heavy (non-hydrogen) atoms. The number of hydrogen-bond donors (Lipinski definition) is 0. The molecule has 14 heteroatoms. The lowest BCUT2D eigenvalue weighted by Crippen LogP contribution is -2.61. The van der Waals surface area contributed by atoms with E-state index in [4.69, 9.17) is 78.5 Å². The van der Waals surface area contributed by atoms with Gasteiger partial charge in [-0.3, -0.25) is 0 Å². The van der Waals surface area contributed by atoms with Gasteiger partial charge >= 0.3 is 0 Å². The summed E-state index contributed by atoms with van der Waals surface area (Å²) >= 11 is 0. The number of rotatable bonds is 5. The summed E-state index contributed by atoms with van der Waals surface area (Å²) in [5, 5.41) is 0. The van der Waals surface area contributed by atoms with Crippen molar-refractivity contribution in [2.45, 2.75) is 45.4 Å². The van der Waals surface area contributed by atoms with E-state index in [1.165, 1.54) is 27.7 Å². The van der Waals surface area contributed by atoms with Gasteiger partial charge in [0.25, 0.3) is 6.71 Å². The first-order chi connectivity index (χ1) is 32.8. The van der Waals surface area contributed by atoms with Gasteiger partial charge < -0.3 is 14.7 Å². The molecule has 1 aliphatic carbocycles. The van der Waals surface area contributed by atoms with E-state index in [0.717, 1.165) is 50.6 Å². The molecule has 8 aromatic rings. The van der Waals surface area contributed by atoms with Crippen LogP contribution in [0, 0.1) is 0 Å². The highest BCUT2D eigenvalue weighted by Crippen LogP contribution is 2.52. The zero-order valence-electron chi connectivity index (χ0n) is 39.3. The predicted octanol–water partition coefficient (Wildman–Crippen LogP) is 0.781. The quantitative estimate of drug-likeness (QED) is 0.238. The van der Waals surface area contributed by atoms with Crippen molar-refractivity contribution in [2.75, 3.05) is 14.7 Å². The molecule has 0 bridgehead atoms. The number of fused-ring (bicyclic) bond motifs is 7. The Morgan fingerprint density at radius 1 is 0.435 bits per heavy atom. The Morgan fingerprint density at radius 2 is 0.928 bits per heavy atom. The SMILES string of the molecule is [B]c1c([B])c([B])c(N(c2ccc3c(c2)N(c2ccc4c(c2)C(C)(C)c2ccccc2-4)c2cc(C(C)(C)C)cc4c2B3c2ccccc2N4c2ccccc2)c2c([B])c([B])c([B])c([B])c2[B])c([B])c1[B]. The maximum absolute atomic E-state index is 6.94. The summed E-state index contributed by atoms with van der Waals surface area (Å²) in [6.07, 6.45) is 0. The largest absolute Gasteiger partial charge is 0.313 e. The molecule has 2 aliphatic heterocycles. The van der Waals surface area contributed by atoms with Crippen molar-refractivity contribution in [1.82, 2.24) is 0 Å². The van der Waals surface area contributed by atoms with Crippen LogP contribution in [0.5, 0.6) is 0 Å². The van der Waals surface area contributed by atoms with Crippen molar-refractivity contribution in [2.24, 2.45) is 0 Å². The summed E-state index contributed by atoms with van der Waals surface area (Å²) in [4.78, 5) is 6.51. The summed E-state index contributed by atoms with van der Waals surface area (Å²) in [7, 11) is 67.0. The maximum atomic E-state index is 6.94. The van der Waals surface area contributed by atoms with Crippen LogP contribution < -0.4 is 85.7 Å². The van der Waals surface area contributed by atoms with Crippen LogP contribution >= 0.6 is 0 Å². The van der Waals surface area contributed by atoms with Crippen molar-refractivity contribution in [3.05, 3.63) is 144 Å². The third-order valence-electron chi connectivity index (χ3n) is 14.7. The van der Waals surface area contributed by atoms with Crippen molar-refractivity contribution >= 4 is 207 Å². The average Bonchev–Trinajstić information content (AvgIpc) is 3.57. The van der Waals surface area contributed by atoms with E-state index in [1.54, 1.807) is 4.90 Å². The number of benzene rings is 8. The second-order valence-electron chi connectivity index (χ2n) is 20.0. The first kappa shape index (κ1) is 45.3. The van der Waals surface area contributed by atoms with Crippen LogP contribution in [0.15, 0.2) is 127 Å². The van der Waals surface area contributed by atoms with Crippen LogP contribution in [0.2, 0.25) is 0 Å². The third-order valence-corrected chi connectivity index (χ3v) is 14.7.